The SMILES string of the molecule is Cc1nn(C(C)C)c(C)c1CC(=O)N[C@H]1COC[C@H]1Oc1cn[nH]c1. The number of rotatable bonds is 6. The van der Waals surface area contributed by atoms with Crippen molar-refractivity contribution in [3.05, 3.63) is 29.3 Å². The molecule has 0 bridgehead atoms. The molecule has 1 aliphatic rings. The van der Waals surface area contributed by atoms with Crippen molar-refractivity contribution in [2.24, 2.45) is 0 Å². The number of ether oxygens (including phenoxy) is 2. The number of aryl methyl sites for hydroxylation is 1. The molecule has 1 aliphatic heterocycles. The smallest absolute Gasteiger partial charge is 0.224 e. The zero-order valence-corrected chi connectivity index (χ0v) is 15.1. The highest BCUT2D eigenvalue weighted by molar-refractivity contribution is 5.79. The fourth-order valence-electron chi connectivity index (χ4n) is 3.14. The van der Waals surface area contributed by atoms with E-state index in [1.54, 1.807) is 12.4 Å². The maximum atomic E-state index is 12.5. The number of carbonyl (C=O) groups is 1. The van der Waals surface area contributed by atoms with Crippen LogP contribution in [0.25, 0.3) is 0 Å². The lowest BCUT2D eigenvalue weighted by Crippen LogP contribution is -2.45. The molecular weight excluding hydrogens is 322 g/mol. The molecule has 2 atom stereocenters. The van der Waals surface area contributed by atoms with Crippen LogP contribution in [0.1, 0.15) is 36.8 Å². The van der Waals surface area contributed by atoms with Gasteiger partial charge in [-0.15, -0.1) is 0 Å². The van der Waals surface area contributed by atoms with E-state index in [1.807, 2.05) is 18.5 Å². The molecule has 1 amide bonds. The third-order valence-corrected chi connectivity index (χ3v) is 4.44. The zero-order valence-electron chi connectivity index (χ0n) is 15.1. The summed E-state index contributed by atoms with van der Waals surface area (Å²) >= 11 is 0. The van der Waals surface area contributed by atoms with Crippen molar-refractivity contribution < 1.29 is 14.3 Å². The van der Waals surface area contributed by atoms with Gasteiger partial charge < -0.3 is 14.8 Å². The first-order valence-electron chi connectivity index (χ1n) is 8.52. The average Bonchev–Trinajstić information content (AvgIpc) is 3.27. The van der Waals surface area contributed by atoms with Crippen LogP contribution in [0.3, 0.4) is 0 Å². The van der Waals surface area contributed by atoms with Gasteiger partial charge in [0.05, 0.1) is 43.8 Å². The molecule has 0 radical (unpaired) electrons. The second-order valence-electron chi connectivity index (χ2n) is 6.67. The fourth-order valence-corrected chi connectivity index (χ4v) is 3.14. The van der Waals surface area contributed by atoms with Gasteiger partial charge in [0.2, 0.25) is 5.91 Å². The highest BCUT2D eigenvalue weighted by Gasteiger charge is 2.32. The van der Waals surface area contributed by atoms with Crippen LogP contribution in [0.2, 0.25) is 0 Å². The van der Waals surface area contributed by atoms with Crippen molar-refractivity contribution in [1.29, 1.82) is 0 Å². The number of nitrogens with one attached hydrogen (secondary N) is 2. The van der Waals surface area contributed by atoms with Crippen molar-refractivity contribution in [2.45, 2.75) is 52.3 Å². The monoisotopic (exact) mass is 347 g/mol. The van der Waals surface area contributed by atoms with Crippen molar-refractivity contribution in [3.63, 3.8) is 0 Å². The molecule has 0 aliphatic carbocycles. The maximum Gasteiger partial charge on any atom is 0.224 e. The Kier molecular flexibility index (Phi) is 5.08. The molecular formula is C17H25N5O3. The van der Waals surface area contributed by atoms with Crippen LogP contribution < -0.4 is 10.1 Å². The predicted octanol–water partition coefficient (Wildman–Crippen LogP) is 1.31. The maximum absolute atomic E-state index is 12.5. The summed E-state index contributed by atoms with van der Waals surface area (Å²) in [7, 11) is 0. The van der Waals surface area contributed by atoms with Gasteiger partial charge >= 0.3 is 0 Å². The molecule has 136 valence electrons. The Morgan fingerprint density at radius 1 is 1.48 bits per heavy atom. The summed E-state index contributed by atoms with van der Waals surface area (Å²) in [6.07, 6.45) is 3.36. The second-order valence-corrected chi connectivity index (χ2v) is 6.67. The largest absolute Gasteiger partial charge is 0.482 e. The number of hydrogen-bond acceptors (Lipinski definition) is 5. The van der Waals surface area contributed by atoms with Gasteiger partial charge in [-0.2, -0.15) is 10.2 Å². The summed E-state index contributed by atoms with van der Waals surface area (Å²) in [4.78, 5) is 12.5. The van der Waals surface area contributed by atoms with E-state index in [1.165, 1.54) is 0 Å². The predicted molar refractivity (Wildman–Crippen MR) is 91.5 cm³/mol. The quantitative estimate of drug-likeness (QED) is 0.822. The van der Waals surface area contributed by atoms with E-state index in [4.69, 9.17) is 9.47 Å². The average molecular weight is 347 g/mol. The lowest BCUT2D eigenvalue weighted by atomic mass is 10.1. The molecule has 8 heteroatoms. The summed E-state index contributed by atoms with van der Waals surface area (Å²) in [5.41, 5.74) is 2.92. The standard InChI is InChI=1S/C17H25N5O3/c1-10(2)22-12(4)14(11(3)21-22)5-17(23)20-15-8-24-9-16(15)25-13-6-18-19-7-13/h6-7,10,15-16H,5,8-9H2,1-4H3,(H,18,19)(H,20,23)/t15-,16+/m0/s1. The summed E-state index contributed by atoms with van der Waals surface area (Å²) in [5.74, 6) is 0.588. The van der Waals surface area contributed by atoms with E-state index >= 15 is 0 Å². The third kappa shape index (κ3) is 3.84. The highest BCUT2D eigenvalue weighted by Crippen LogP contribution is 2.19. The Bertz CT molecular complexity index is 723. The van der Waals surface area contributed by atoms with Gasteiger partial charge in [-0.3, -0.25) is 14.6 Å². The number of hydrogen-bond donors (Lipinski definition) is 2. The van der Waals surface area contributed by atoms with Gasteiger partial charge in [-0.25, -0.2) is 0 Å². The summed E-state index contributed by atoms with van der Waals surface area (Å²) in [5, 5.41) is 14.1. The molecule has 2 aromatic heterocycles. The first-order chi connectivity index (χ1) is 12.0. The Morgan fingerprint density at radius 2 is 2.28 bits per heavy atom. The van der Waals surface area contributed by atoms with Gasteiger partial charge in [0.1, 0.15) is 6.10 Å². The number of aromatic nitrogens is 4. The minimum absolute atomic E-state index is 0.0502. The number of carbonyl (C=O) groups excluding carboxylic acids is 1. The van der Waals surface area contributed by atoms with E-state index in [9.17, 15) is 4.79 Å². The van der Waals surface area contributed by atoms with Gasteiger partial charge in [-0.1, -0.05) is 0 Å². The van der Waals surface area contributed by atoms with Gasteiger partial charge in [-0.05, 0) is 27.7 Å². The van der Waals surface area contributed by atoms with E-state index < -0.39 is 0 Å². The van der Waals surface area contributed by atoms with Crippen molar-refractivity contribution in [3.8, 4) is 5.75 Å². The minimum Gasteiger partial charge on any atom is -0.482 e. The van der Waals surface area contributed by atoms with Gasteiger partial charge in [0, 0.05) is 17.3 Å². The molecule has 2 aromatic rings. The molecule has 3 heterocycles. The normalized spacial score (nSPS) is 20.2. The summed E-state index contributed by atoms with van der Waals surface area (Å²) in [6.45, 7) is 9.00. The van der Waals surface area contributed by atoms with Gasteiger partial charge in [0.25, 0.3) is 0 Å². The Morgan fingerprint density at radius 3 is 2.92 bits per heavy atom. The Balaban J connectivity index is 1.62. The third-order valence-electron chi connectivity index (χ3n) is 4.44. The minimum atomic E-state index is -0.220. The number of H-pyrrole nitrogens is 1. The lowest BCUT2D eigenvalue weighted by molar-refractivity contribution is -0.121. The molecule has 25 heavy (non-hydrogen) atoms. The van der Waals surface area contributed by atoms with E-state index in [-0.39, 0.29) is 24.1 Å². The molecule has 0 unspecified atom stereocenters. The summed E-state index contributed by atoms with van der Waals surface area (Å²) < 4.78 is 13.2. The molecule has 1 fully saturated rings. The van der Waals surface area contributed by atoms with Crippen LogP contribution in [-0.2, 0) is 16.0 Å². The number of aromatic amines is 1. The summed E-state index contributed by atoms with van der Waals surface area (Å²) in [6, 6.07) is 0.0923. The molecule has 0 spiro atoms. The van der Waals surface area contributed by atoms with Crippen LogP contribution in [0.4, 0.5) is 0 Å². The van der Waals surface area contributed by atoms with E-state index in [2.05, 4.69) is 34.5 Å². The lowest BCUT2D eigenvalue weighted by Gasteiger charge is -2.19. The molecule has 0 aromatic carbocycles. The second kappa shape index (κ2) is 7.26. The zero-order chi connectivity index (χ0) is 18.0. The van der Waals surface area contributed by atoms with Crippen molar-refractivity contribution in [2.75, 3.05) is 13.2 Å². The van der Waals surface area contributed by atoms with Crippen LogP contribution in [-0.4, -0.2) is 51.2 Å². The Labute approximate surface area is 146 Å². The van der Waals surface area contributed by atoms with Crippen LogP contribution >= 0.6 is 0 Å². The number of nitrogens with zero attached hydrogens (tertiary/aromatic N) is 3. The molecule has 2 N–H and O–H groups in total. The van der Waals surface area contributed by atoms with Gasteiger partial charge in [0.15, 0.2) is 5.75 Å². The molecule has 8 nitrogen and oxygen atoms in total. The Hall–Kier alpha value is -2.35. The molecule has 0 saturated carbocycles. The van der Waals surface area contributed by atoms with Crippen LogP contribution in [0.15, 0.2) is 12.4 Å². The van der Waals surface area contributed by atoms with Crippen molar-refractivity contribution in [1.82, 2.24) is 25.3 Å². The van der Waals surface area contributed by atoms with Crippen LogP contribution in [0.5, 0.6) is 5.75 Å². The topological polar surface area (TPSA) is 94.1 Å². The highest BCUT2D eigenvalue weighted by atomic mass is 16.5. The van der Waals surface area contributed by atoms with E-state index in [0.29, 0.717) is 25.4 Å². The molecule has 1 saturated heterocycles. The first-order valence-corrected chi connectivity index (χ1v) is 8.52. The fraction of sp³-hybridized carbons (Fsp3) is 0.588. The molecule has 3 rings (SSSR count). The number of amides is 1. The van der Waals surface area contributed by atoms with E-state index in [0.717, 1.165) is 17.0 Å². The first kappa shape index (κ1) is 17.5. The van der Waals surface area contributed by atoms with Crippen molar-refractivity contribution >= 4 is 5.91 Å². The van der Waals surface area contributed by atoms with Crippen LogP contribution in [0, 0.1) is 13.8 Å².